The van der Waals surface area contributed by atoms with Gasteiger partial charge in [-0.15, -0.1) is 0 Å². The number of carbonyl (C=O) groups excluding carboxylic acids is 1. The highest BCUT2D eigenvalue weighted by Crippen LogP contribution is 2.26. The first kappa shape index (κ1) is 14.9. The van der Waals surface area contributed by atoms with E-state index in [1.54, 1.807) is 0 Å². The lowest BCUT2D eigenvalue weighted by Gasteiger charge is -2.20. The van der Waals surface area contributed by atoms with Gasteiger partial charge in [0, 0.05) is 0 Å². The second-order valence-electron chi connectivity index (χ2n) is 5.88. The number of benzene rings is 1. The summed E-state index contributed by atoms with van der Waals surface area (Å²) >= 11 is 0. The van der Waals surface area contributed by atoms with Crippen LogP contribution in [0.3, 0.4) is 0 Å². The van der Waals surface area contributed by atoms with Gasteiger partial charge in [-0.05, 0) is 31.9 Å². The van der Waals surface area contributed by atoms with Crippen LogP contribution in [0.4, 0.5) is 4.39 Å². The Labute approximate surface area is 109 Å². The molecule has 0 saturated carbocycles. The first-order valence-corrected chi connectivity index (χ1v) is 9.64. The lowest BCUT2D eigenvalue weighted by Crippen LogP contribution is -2.43. The van der Waals surface area contributed by atoms with Crippen molar-refractivity contribution in [2.24, 2.45) is 0 Å². The van der Waals surface area contributed by atoms with Crippen molar-refractivity contribution in [3.63, 3.8) is 0 Å². The fourth-order valence-electron chi connectivity index (χ4n) is 1.83. The van der Waals surface area contributed by atoms with Gasteiger partial charge >= 0.3 is 5.97 Å². The molecule has 0 bridgehead atoms. The maximum Gasteiger partial charge on any atom is 0.342 e. The van der Waals surface area contributed by atoms with Crippen LogP contribution < -0.4 is 4.74 Å². The quantitative estimate of drug-likeness (QED) is 0.474. The first-order chi connectivity index (χ1) is 8.12. The summed E-state index contributed by atoms with van der Waals surface area (Å²) in [6, 6.07) is 3.86. The molecule has 2 nitrogen and oxygen atoms in total. The van der Waals surface area contributed by atoms with Gasteiger partial charge in [-0.25, -0.2) is 9.18 Å². The maximum absolute atomic E-state index is 13.9. The van der Waals surface area contributed by atoms with Gasteiger partial charge in [-0.3, -0.25) is 0 Å². The predicted octanol–water partition coefficient (Wildman–Crippen LogP) is 3.73. The Hall–Kier alpha value is -1.16. The molecule has 1 aromatic rings. The topological polar surface area (TPSA) is 26.3 Å². The Bertz CT molecular complexity index is 440. The molecule has 1 rings (SSSR count). The Balaban J connectivity index is 2.96. The molecule has 0 aromatic heterocycles. The van der Waals surface area contributed by atoms with Crippen molar-refractivity contribution in [2.45, 2.75) is 46.2 Å². The molecule has 0 spiro atoms. The number of alkyl halides is 1. The van der Waals surface area contributed by atoms with Gasteiger partial charge in [0.1, 0.15) is 13.8 Å². The summed E-state index contributed by atoms with van der Waals surface area (Å²) in [5, 5.41) is 0. The third kappa shape index (κ3) is 3.42. The molecular weight excluding hydrogens is 247 g/mol. The summed E-state index contributed by atoms with van der Waals surface area (Å²) in [4.78, 5) is 11.8. The molecule has 0 saturated heterocycles. The summed E-state index contributed by atoms with van der Waals surface area (Å²) in [6.07, 6.45) is 0. The number of esters is 1. The average molecular weight is 268 g/mol. The van der Waals surface area contributed by atoms with E-state index >= 15 is 0 Å². The van der Waals surface area contributed by atoms with E-state index in [2.05, 4.69) is 0 Å². The van der Waals surface area contributed by atoms with E-state index in [0.717, 1.165) is 16.7 Å². The summed E-state index contributed by atoms with van der Waals surface area (Å²) < 4.78 is 19.2. The van der Waals surface area contributed by atoms with Gasteiger partial charge in [0.25, 0.3) is 0 Å². The largest absolute Gasteiger partial charge is 0.424 e. The highest BCUT2D eigenvalue weighted by molar-refractivity contribution is 6.80. The SMILES string of the molecule is Cc1cc(C)c(OC(=O)C(F)[Si](C)(C)C)c(C)c1. The summed E-state index contributed by atoms with van der Waals surface area (Å²) in [5.74, 6) is -1.76. The number of rotatable bonds is 3. The highest BCUT2D eigenvalue weighted by Gasteiger charge is 2.35. The first-order valence-electron chi connectivity index (χ1n) is 6.06. The number of halogens is 1. The normalized spacial score (nSPS) is 13.3. The van der Waals surface area contributed by atoms with Gasteiger partial charge < -0.3 is 4.74 Å². The number of hydrogen-bond donors (Lipinski definition) is 0. The number of ether oxygens (including phenoxy) is 1. The molecule has 0 aliphatic rings. The Morgan fingerprint density at radius 2 is 1.61 bits per heavy atom. The minimum Gasteiger partial charge on any atom is -0.424 e. The molecule has 1 aromatic carbocycles. The Kier molecular flexibility index (Phi) is 4.32. The van der Waals surface area contributed by atoms with E-state index in [1.807, 2.05) is 52.5 Å². The molecule has 0 heterocycles. The molecule has 1 atom stereocenters. The maximum atomic E-state index is 13.9. The van der Waals surface area contributed by atoms with E-state index in [1.165, 1.54) is 0 Å². The van der Waals surface area contributed by atoms with E-state index < -0.39 is 19.8 Å². The molecule has 0 aliphatic heterocycles. The summed E-state index contributed by atoms with van der Waals surface area (Å²) in [5.41, 5.74) is 2.83. The van der Waals surface area contributed by atoms with Crippen molar-refractivity contribution in [2.75, 3.05) is 0 Å². The number of carbonyl (C=O) groups is 1. The standard InChI is InChI=1S/C14H21FO2Si/c1-9-7-10(2)12(11(3)8-9)17-14(16)13(15)18(4,5)6/h7-8,13H,1-6H3. The van der Waals surface area contributed by atoms with Crippen LogP contribution in [0.1, 0.15) is 16.7 Å². The van der Waals surface area contributed by atoms with E-state index in [9.17, 15) is 9.18 Å². The van der Waals surface area contributed by atoms with Crippen molar-refractivity contribution < 1.29 is 13.9 Å². The van der Waals surface area contributed by atoms with Crippen LogP contribution in [0.2, 0.25) is 19.6 Å². The van der Waals surface area contributed by atoms with Crippen molar-refractivity contribution >= 4 is 14.0 Å². The zero-order chi connectivity index (χ0) is 14.1. The number of hydrogen-bond acceptors (Lipinski definition) is 2. The number of aryl methyl sites for hydroxylation is 3. The molecular formula is C14H21FO2Si. The predicted molar refractivity (Wildman–Crippen MR) is 74.5 cm³/mol. The Morgan fingerprint density at radius 1 is 1.17 bits per heavy atom. The molecule has 18 heavy (non-hydrogen) atoms. The fourth-order valence-corrected chi connectivity index (χ4v) is 2.60. The summed E-state index contributed by atoms with van der Waals surface area (Å²) in [6.45, 7) is 11.1. The molecule has 0 amide bonds. The highest BCUT2D eigenvalue weighted by atomic mass is 28.3. The minimum atomic E-state index is -2.16. The second-order valence-corrected chi connectivity index (χ2v) is 11.1. The lowest BCUT2D eigenvalue weighted by molar-refractivity contribution is -0.137. The van der Waals surface area contributed by atoms with Gasteiger partial charge in [0.2, 0.25) is 0 Å². The molecule has 100 valence electrons. The van der Waals surface area contributed by atoms with Crippen molar-refractivity contribution in [1.29, 1.82) is 0 Å². The Morgan fingerprint density at radius 3 is 2.00 bits per heavy atom. The van der Waals surface area contributed by atoms with Crippen molar-refractivity contribution in [3.8, 4) is 5.75 Å². The summed E-state index contributed by atoms with van der Waals surface area (Å²) in [7, 11) is -2.16. The third-order valence-corrected chi connectivity index (χ3v) is 4.53. The van der Waals surface area contributed by atoms with Crippen LogP contribution in [-0.4, -0.2) is 19.8 Å². The molecule has 0 N–H and O–H groups in total. The molecule has 1 unspecified atom stereocenters. The van der Waals surface area contributed by atoms with Crippen LogP contribution in [0, 0.1) is 20.8 Å². The van der Waals surface area contributed by atoms with Gasteiger partial charge in [0.15, 0.2) is 5.79 Å². The zero-order valence-electron chi connectivity index (χ0n) is 11.9. The third-order valence-electron chi connectivity index (χ3n) is 2.77. The van der Waals surface area contributed by atoms with E-state index in [-0.39, 0.29) is 0 Å². The van der Waals surface area contributed by atoms with Crippen LogP contribution in [0.25, 0.3) is 0 Å². The van der Waals surface area contributed by atoms with E-state index in [0.29, 0.717) is 5.75 Å². The lowest BCUT2D eigenvalue weighted by atomic mass is 10.1. The van der Waals surface area contributed by atoms with Gasteiger partial charge in [0.05, 0.1) is 0 Å². The fraction of sp³-hybridized carbons (Fsp3) is 0.500. The van der Waals surface area contributed by atoms with Gasteiger partial charge in [-0.2, -0.15) is 0 Å². The van der Waals surface area contributed by atoms with Crippen LogP contribution in [0.5, 0.6) is 5.75 Å². The van der Waals surface area contributed by atoms with Crippen LogP contribution in [-0.2, 0) is 4.79 Å². The molecule has 4 heteroatoms. The molecule has 0 aliphatic carbocycles. The molecule has 0 radical (unpaired) electrons. The minimum absolute atomic E-state index is 0.492. The smallest absolute Gasteiger partial charge is 0.342 e. The average Bonchev–Trinajstić information content (AvgIpc) is 2.20. The molecule has 0 fully saturated rings. The van der Waals surface area contributed by atoms with Crippen molar-refractivity contribution in [3.05, 3.63) is 28.8 Å². The van der Waals surface area contributed by atoms with Gasteiger partial charge in [-0.1, -0.05) is 37.3 Å². The van der Waals surface area contributed by atoms with E-state index in [4.69, 9.17) is 4.74 Å². The van der Waals surface area contributed by atoms with Crippen LogP contribution in [0.15, 0.2) is 12.1 Å². The second kappa shape index (κ2) is 5.22. The van der Waals surface area contributed by atoms with Crippen molar-refractivity contribution in [1.82, 2.24) is 0 Å². The van der Waals surface area contributed by atoms with Crippen LogP contribution >= 0.6 is 0 Å². The monoisotopic (exact) mass is 268 g/mol. The zero-order valence-corrected chi connectivity index (χ0v) is 12.9.